The van der Waals surface area contributed by atoms with Crippen molar-refractivity contribution in [3.63, 3.8) is 0 Å². The van der Waals surface area contributed by atoms with Crippen molar-refractivity contribution in [3.8, 4) is 5.75 Å². The monoisotopic (exact) mass is 384 g/mol. The highest BCUT2D eigenvalue weighted by Gasteiger charge is 2.15. The van der Waals surface area contributed by atoms with Crippen molar-refractivity contribution < 1.29 is 27.9 Å². The fourth-order valence-corrected chi connectivity index (χ4v) is 2.49. The molecule has 0 saturated carbocycles. The van der Waals surface area contributed by atoms with E-state index < -0.39 is 28.5 Å². The number of nitrogens with one attached hydrogen (secondary N) is 1. The van der Waals surface area contributed by atoms with Crippen LogP contribution < -0.4 is 10.5 Å². The predicted octanol–water partition coefficient (Wildman–Crippen LogP) is 1.49. The molecule has 2 rings (SSSR count). The minimum atomic E-state index is -3.82. The van der Waals surface area contributed by atoms with Gasteiger partial charge in [0, 0.05) is 10.7 Å². The zero-order valence-corrected chi connectivity index (χ0v) is 14.2. The highest BCUT2D eigenvalue weighted by molar-refractivity contribution is 7.89. The Kier molecular flexibility index (Phi) is 5.62. The number of phenolic OH excluding ortho intramolecular Hbond substituents is 1. The molecular weight excluding hydrogens is 372 g/mol. The van der Waals surface area contributed by atoms with Crippen molar-refractivity contribution in [2.45, 2.75) is 4.90 Å². The van der Waals surface area contributed by atoms with Crippen molar-refractivity contribution >= 4 is 39.2 Å². The van der Waals surface area contributed by atoms with Gasteiger partial charge in [0.1, 0.15) is 11.3 Å². The maximum Gasteiger partial charge on any atom is 0.342 e. The Balaban J connectivity index is 1.94. The fraction of sp³-hybridized carbons (Fsp3) is 0.0667. The van der Waals surface area contributed by atoms with Crippen LogP contribution in [-0.4, -0.2) is 32.0 Å². The lowest BCUT2D eigenvalue weighted by Gasteiger charge is -2.08. The maximum absolute atomic E-state index is 11.8. The summed E-state index contributed by atoms with van der Waals surface area (Å²) in [6, 6.07) is 8.95. The van der Waals surface area contributed by atoms with E-state index in [0.717, 1.165) is 0 Å². The number of carbonyl (C=O) groups excluding carboxylic acids is 2. The van der Waals surface area contributed by atoms with Gasteiger partial charge in [0.05, 0.1) is 4.90 Å². The van der Waals surface area contributed by atoms with Crippen molar-refractivity contribution in [2.75, 3.05) is 11.9 Å². The summed E-state index contributed by atoms with van der Waals surface area (Å²) in [6.07, 6.45) is 0. The SMILES string of the molecule is NS(=O)(=O)c1ccc(NC(=O)COC(=O)c2cc(Cl)ccc2O)cc1. The molecule has 0 unspecified atom stereocenters. The number of hydrogen-bond acceptors (Lipinski definition) is 6. The third kappa shape index (κ3) is 5.18. The van der Waals surface area contributed by atoms with E-state index in [-0.39, 0.29) is 21.2 Å². The molecular formula is C15H13ClN2O6S. The molecule has 2 aromatic rings. The predicted molar refractivity (Wildman–Crippen MR) is 89.8 cm³/mol. The lowest BCUT2D eigenvalue weighted by Crippen LogP contribution is -2.21. The molecule has 8 nitrogen and oxygen atoms in total. The average Bonchev–Trinajstić information content (AvgIpc) is 2.54. The number of aromatic hydroxyl groups is 1. The van der Waals surface area contributed by atoms with Crippen LogP contribution in [-0.2, 0) is 19.6 Å². The molecule has 10 heteroatoms. The Labute approximate surface area is 148 Å². The van der Waals surface area contributed by atoms with Gasteiger partial charge in [-0.25, -0.2) is 18.4 Å². The number of rotatable bonds is 5. The molecule has 0 spiro atoms. The number of sulfonamides is 1. The Morgan fingerprint density at radius 2 is 1.80 bits per heavy atom. The molecule has 0 aliphatic carbocycles. The molecule has 4 N–H and O–H groups in total. The van der Waals surface area contributed by atoms with Crippen molar-refractivity contribution in [3.05, 3.63) is 53.1 Å². The van der Waals surface area contributed by atoms with Crippen molar-refractivity contribution in [2.24, 2.45) is 5.14 Å². The molecule has 0 aromatic heterocycles. The van der Waals surface area contributed by atoms with Crippen LogP contribution >= 0.6 is 11.6 Å². The third-order valence-corrected chi connectivity index (χ3v) is 4.14. The second-order valence-corrected chi connectivity index (χ2v) is 6.85. The first-order valence-corrected chi connectivity index (χ1v) is 8.67. The van der Waals surface area contributed by atoms with Crippen molar-refractivity contribution in [1.29, 1.82) is 0 Å². The average molecular weight is 385 g/mol. The summed E-state index contributed by atoms with van der Waals surface area (Å²) >= 11 is 5.73. The Hall–Kier alpha value is -2.62. The minimum Gasteiger partial charge on any atom is -0.507 e. The number of nitrogens with two attached hydrogens (primary N) is 1. The first-order valence-electron chi connectivity index (χ1n) is 6.75. The number of carbonyl (C=O) groups is 2. The largest absolute Gasteiger partial charge is 0.507 e. The summed E-state index contributed by atoms with van der Waals surface area (Å²) in [5.74, 6) is -1.90. The number of phenols is 1. The molecule has 0 saturated heterocycles. The van der Waals surface area contributed by atoms with Crippen LogP contribution in [0.4, 0.5) is 5.69 Å². The van der Waals surface area contributed by atoms with Crippen LogP contribution in [0.3, 0.4) is 0 Å². The second kappa shape index (κ2) is 7.51. The highest BCUT2D eigenvalue weighted by Crippen LogP contribution is 2.22. The van der Waals surface area contributed by atoms with Gasteiger partial charge in [-0.2, -0.15) is 0 Å². The summed E-state index contributed by atoms with van der Waals surface area (Å²) in [6.45, 7) is -0.609. The van der Waals surface area contributed by atoms with Gasteiger partial charge in [-0.3, -0.25) is 4.79 Å². The molecule has 0 radical (unpaired) electrons. The van der Waals surface area contributed by atoms with Gasteiger partial charge in [0.2, 0.25) is 10.0 Å². The molecule has 0 aliphatic heterocycles. The summed E-state index contributed by atoms with van der Waals surface area (Å²) < 4.78 is 27.1. The number of ether oxygens (including phenoxy) is 1. The van der Waals surface area contributed by atoms with Crippen LogP contribution in [0.25, 0.3) is 0 Å². The number of esters is 1. The van der Waals surface area contributed by atoms with E-state index in [1.54, 1.807) is 0 Å². The van der Waals surface area contributed by atoms with Crippen LogP contribution in [0.2, 0.25) is 5.02 Å². The van der Waals surface area contributed by atoms with E-state index in [0.29, 0.717) is 5.69 Å². The van der Waals surface area contributed by atoms with Crippen LogP contribution in [0, 0.1) is 0 Å². The van der Waals surface area contributed by atoms with Gasteiger partial charge in [0.15, 0.2) is 6.61 Å². The number of amides is 1. The number of primary sulfonamides is 1. The van der Waals surface area contributed by atoms with E-state index >= 15 is 0 Å². The smallest absolute Gasteiger partial charge is 0.342 e. The number of anilines is 1. The van der Waals surface area contributed by atoms with E-state index in [2.05, 4.69) is 5.32 Å². The standard InChI is InChI=1S/C15H13ClN2O6S/c16-9-1-6-13(19)12(7-9)15(21)24-8-14(20)18-10-2-4-11(5-3-10)25(17,22)23/h1-7,19H,8H2,(H,18,20)(H2,17,22,23). The lowest BCUT2D eigenvalue weighted by atomic mass is 10.2. The molecule has 0 bridgehead atoms. The normalized spacial score (nSPS) is 11.0. The quantitative estimate of drug-likeness (QED) is 0.668. The Bertz CT molecular complexity index is 912. The van der Waals surface area contributed by atoms with Gasteiger partial charge in [-0.05, 0) is 42.5 Å². The molecule has 1 amide bonds. The Morgan fingerprint density at radius 1 is 1.16 bits per heavy atom. The van der Waals surface area contributed by atoms with Gasteiger partial charge >= 0.3 is 5.97 Å². The molecule has 25 heavy (non-hydrogen) atoms. The van der Waals surface area contributed by atoms with E-state index in [1.165, 1.54) is 42.5 Å². The second-order valence-electron chi connectivity index (χ2n) is 4.86. The molecule has 2 aromatic carbocycles. The minimum absolute atomic E-state index is 0.103. The molecule has 0 fully saturated rings. The molecule has 132 valence electrons. The molecule has 0 atom stereocenters. The first kappa shape index (κ1) is 18.7. The lowest BCUT2D eigenvalue weighted by molar-refractivity contribution is -0.119. The zero-order valence-electron chi connectivity index (χ0n) is 12.6. The maximum atomic E-state index is 11.8. The summed E-state index contributed by atoms with van der Waals surface area (Å²) in [5.41, 5.74) is 0.122. The van der Waals surface area contributed by atoms with Gasteiger partial charge in [0.25, 0.3) is 5.91 Å². The Morgan fingerprint density at radius 3 is 2.40 bits per heavy atom. The van der Waals surface area contributed by atoms with Crippen LogP contribution in [0.5, 0.6) is 5.75 Å². The summed E-state index contributed by atoms with van der Waals surface area (Å²) in [4.78, 5) is 23.5. The zero-order chi connectivity index (χ0) is 18.6. The van der Waals surface area contributed by atoms with Gasteiger partial charge in [-0.15, -0.1) is 0 Å². The van der Waals surface area contributed by atoms with E-state index in [9.17, 15) is 23.1 Å². The van der Waals surface area contributed by atoms with Crippen LogP contribution in [0.1, 0.15) is 10.4 Å². The summed E-state index contributed by atoms with van der Waals surface area (Å²) in [7, 11) is -3.82. The molecule has 0 heterocycles. The van der Waals surface area contributed by atoms with Crippen LogP contribution in [0.15, 0.2) is 47.4 Å². The van der Waals surface area contributed by atoms with E-state index in [4.69, 9.17) is 21.5 Å². The number of hydrogen-bond donors (Lipinski definition) is 3. The first-order chi connectivity index (χ1) is 11.7. The summed E-state index contributed by atoms with van der Waals surface area (Å²) in [5, 5.41) is 17.2. The molecule has 0 aliphatic rings. The number of halogens is 1. The third-order valence-electron chi connectivity index (χ3n) is 2.98. The van der Waals surface area contributed by atoms with Gasteiger partial charge < -0.3 is 15.2 Å². The topological polar surface area (TPSA) is 136 Å². The highest BCUT2D eigenvalue weighted by atomic mass is 35.5. The van der Waals surface area contributed by atoms with Gasteiger partial charge in [-0.1, -0.05) is 11.6 Å². The fourth-order valence-electron chi connectivity index (χ4n) is 1.81. The number of benzene rings is 2. The van der Waals surface area contributed by atoms with Crippen molar-refractivity contribution in [1.82, 2.24) is 0 Å². The van der Waals surface area contributed by atoms with E-state index in [1.807, 2.05) is 0 Å².